The molecule has 77 heavy (non-hydrogen) atoms. The van der Waals surface area contributed by atoms with Gasteiger partial charge in [-0.2, -0.15) is 0 Å². The van der Waals surface area contributed by atoms with Gasteiger partial charge in [-0.3, -0.25) is 24.8 Å². The molecule has 20 heteroatoms. The van der Waals surface area contributed by atoms with Crippen molar-refractivity contribution >= 4 is 40.9 Å². The summed E-state index contributed by atoms with van der Waals surface area (Å²) in [6.45, 7) is 16.0. The van der Waals surface area contributed by atoms with Gasteiger partial charge in [0.15, 0.2) is 0 Å². The van der Waals surface area contributed by atoms with Crippen molar-refractivity contribution in [3.8, 4) is 22.5 Å². The lowest BCUT2D eigenvalue weighted by molar-refractivity contribution is -0.157. The molecule has 0 radical (unpaired) electrons. The summed E-state index contributed by atoms with van der Waals surface area (Å²) in [6.07, 6.45) is 1.76. The SMILES string of the molecule is [2H]CC1OC(N2C=C(C)C(NCCCOCCOCCOCCCNC(=O)OCCN(C)C(=O)c3ccccc3-c3c4cc(C)/c(=N/CC)cc-4oc4cc(C)c(C)cc34)NC2=O)CC1OC(=O)COCC(=O)NCCCC. The van der Waals surface area contributed by atoms with Crippen molar-refractivity contribution in [2.45, 2.75) is 105 Å². The van der Waals surface area contributed by atoms with Crippen molar-refractivity contribution in [3.63, 3.8) is 0 Å². The number of urea groups is 1. The predicted molar refractivity (Wildman–Crippen MR) is 290 cm³/mol. The first-order valence-electron chi connectivity index (χ1n) is 27.4. The number of hydrogen-bond donors (Lipinski definition) is 4. The first-order valence-corrected chi connectivity index (χ1v) is 26.7. The average Bonchev–Trinajstić information content (AvgIpc) is 3.98. The Hall–Kier alpha value is -6.42. The fourth-order valence-corrected chi connectivity index (χ4v) is 8.74. The molecule has 4 aliphatic rings. The van der Waals surface area contributed by atoms with Crippen molar-refractivity contribution in [2.75, 3.05) is 99.2 Å². The van der Waals surface area contributed by atoms with Crippen LogP contribution in [-0.4, -0.2) is 164 Å². The van der Waals surface area contributed by atoms with Crippen molar-refractivity contribution < 1.29 is 62.9 Å². The highest BCUT2D eigenvalue weighted by Crippen LogP contribution is 2.42. The molecule has 0 saturated carbocycles. The van der Waals surface area contributed by atoms with Crippen LogP contribution in [0.15, 0.2) is 69.7 Å². The molecular formula is C57H79N7O13. The first-order chi connectivity index (χ1) is 37.7. The van der Waals surface area contributed by atoms with E-state index in [9.17, 15) is 24.0 Å². The summed E-state index contributed by atoms with van der Waals surface area (Å²) < 4.78 is 53.4. The van der Waals surface area contributed by atoms with Gasteiger partial charge in [-0.05, 0) is 119 Å². The number of nitrogens with zero attached hydrogens (tertiary/aromatic N) is 3. The van der Waals surface area contributed by atoms with Crippen molar-refractivity contribution in [3.05, 3.63) is 87.9 Å². The molecule has 1 fully saturated rings. The first kappa shape index (κ1) is 58.3. The molecule has 1 aliphatic carbocycles. The highest BCUT2D eigenvalue weighted by atomic mass is 16.6. The second-order valence-corrected chi connectivity index (χ2v) is 19.1. The van der Waals surface area contributed by atoms with Crippen LogP contribution < -0.4 is 26.6 Å². The van der Waals surface area contributed by atoms with Crippen LogP contribution in [0.4, 0.5) is 9.59 Å². The van der Waals surface area contributed by atoms with E-state index in [4.69, 9.17) is 38.9 Å². The molecule has 0 spiro atoms. The van der Waals surface area contributed by atoms with Gasteiger partial charge in [0.05, 0.1) is 44.4 Å². The maximum Gasteiger partial charge on any atom is 0.407 e. The summed E-state index contributed by atoms with van der Waals surface area (Å²) in [5.74, 6) is -0.506. The molecule has 5 amide bonds. The number of carbonyl (C=O) groups is 5. The van der Waals surface area contributed by atoms with E-state index in [1.807, 2.05) is 64.1 Å². The molecule has 6 rings (SSSR count). The van der Waals surface area contributed by atoms with Crippen molar-refractivity contribution in [1.29, 1.82) is 0 Å². The molecule has 4 unspecified atom stereocenters. The second-order valence-electron chi connectivity index (χ2n) is 19.1. The minimum Gasteiger partial charge on any atom is -0.458 e. The quantitative estimate of drug-likeness (QED) is 0.0248. The standard InChI is InChI=1S/C57H79N7O13/c1-9-11-18-59-50(65)35-73-36-52(66)77-47-33-51(75-41(47)7)64-34-40(6)54(62-56(64)68)60-19-14-22-70-25-27-72-28-26-71-23-15-20-61-57(69)74-24-21-63(8)55(67)43-17-13-12-16-42(43)53-44-29-37(3)38(4)31-48(44)76-49-32-46(58-10-2)39(5)30-45(49)53/h12-13,16-17,29-32,34,41,47,51,54,60H,9-11,14-15,18-28,33,35-36H2,1-8H3,(H,59,65)(H,61,69)(H,62,68)/b58-46+/i7D. The van der Waals surface area contributed by atoms with Gasteiger partial charge in [-0.1, -0.05) is 31.5 Å². The molecule has 4 N–H and O–H groups in total. The largest absolute Gasteiger partial charge is 0.458 e. The van der Waals surface area contributed by atoms with Gasteiger partial charge in [-0.25, -0.2) is 14.4 Å². The molecule has 4 atom stereocenters. The number of benzene rings is 3. The second kappa shape index (κ2) is 30.5. The van der Waals surface area contributed by atoms with Crippen LogP contribution in [0.25, 0.3) is 33.4 Å². The van der Waals surface area contributed by atoms with Crippen LogP contribution in [0.3, 0.4) is 0 Å². The normalized spacial score (nSPS) is 17.8. The summed E-state index contributed by atoms with van der Waals surface area (Å²) in [6, 6.07) is 15.4. The Kier molecular flexibility index (Phi) is 23.1. The Bertz CT molecular complexity index is 2720. The van der Waals surface area contributed by atoms with Crippen LogP contribution >= 0.6 is 0 Å². The molecule has 3 aliphatic heterocycles. The van der Waals surface area contributed by atoms with Gasteiger partial charge in [-0.15, -0.1) is 0 Å². The maximum absolute atomic E-state index is 14.1. The fraction of sp³-hybridized carbons (Fsp3) is 0.544. The summed E-state index contributed by atoms with van der Waals surface area (Å²) in [7, 11) is 1.70. The lowest BCUT2D eigenvalue weighted by Crippen LogP contribution is -2.56. The van der Waals surface area contributed by atoms with E-state index in [1.165, 1.54) is 4.90 Å². The van der Waals surface area contributed by atoms with Crippen LogP contribution in [0.1, 0.15) is 88.2 Å². The third kappa shape index (κ3) is 17.5. The molecule has 20 nitrogen and oxygen atoms in total. The molecule has 2 aromatic carbocycles. The number of alkyl carbamates (subject to hydrolysis) is 1. The molecule has 0 aromatic heterocycles. The summed E-state index contributed by atoms with van der Waals surface area (Å²) in [5.41, 5.74) is 7.91. The van der Waals surface area contributed by atoms with Gasteiger partial charge in [0, 0.05) is 82.0 Å². The van der Waals surface area contributed by atoms with E-state index in [-0.39, 0.29) is 50.9 Å². The predicted octanol–water partition coefficient (Wildman–Crippen LogP) is 6.50. The molecule has 3 heterocycles. The van der Waals surface area contributed by atoms with Gasteiger partial charge in [0.25, 0.3) is 5.91 Å². The zero-order chi connectivity index (χ0) is 56.0. The van der Waals surface area contributed by atoms with Crippen LogP contribution in [-0.2, 0) is 42.7 Å². The lowest BCUT2D eigenvalue weighted by atomic mass is 9.88. The number of likely N-dealkylation sites (N-methyl/N-ethyl adjacent to an activating group) is 1. The number of nitrogens with one attached hydrogen (secondary N) is 4. The van der Waals surface area contributed by atoms with E-state index >= 15 is 0 Å². The van der Waals surface area contributed by atoms with Crippen LogP contribution in [0.5, 0.6) is 0 Å². The lowest BCUT2D eigenvalue weighted by Gasteiger charge is -2.34. The Balaban J connectivity index is 0.793. The van der Waals surface area contributed by atoms with E-state index in [0.717, 1.165) is 68.1 Å². The number of aryl methyl sites for hydroxylation is 3. The van der Waals surface area contributed by atoms with Crippen molar-refractivity contribution in [1.82, 2.24) is 31.1 Å². The number of amides is 5. The minimum atomic E-state index is -0.748. The van der Waals surface area contributed by atoms with E-state index in [0.29, 0.717) is 90.0 Å². The summed E-state index contributed by atoms with van der Waals surface area (Å²) in [5, 5.41) is 13.5. The Morgan fingerprint density at radius 2 is 1.55 bits per heavy atom. The zero-order valence-corrected chi connectivity index (χ0v) is 45.8. The minimum absolute atomic E-state index is 0.0133. The number of unbranched alkanes of at least 4 members (excludes halogenated alkanes) is 1. The Morgan fingerprint density at radius 3 is 2.29 bits per heavy atom. The van der Waals surface area contributed by atoms with E-state index in [2.05, 4.69) is 52.2 Å². The average molecular weight is 1070 g/mol. The smallest absolute Gasteiger partial charge is 0.407 e. The van der Waals surface area contributed by atoms with E-state index < -0.39 is 43.3 Å². The summed E-state index contributed by atoms with van der Waals surface area (Å²) >= 11 is 0. The van der Waals surface area contributed by atoms with Crippen LogP contribution in [0.2, 0.25) is 0 Å². The number of fused-ring (bicyclic) bond motifs is 2. The maximum atomic E-state index is 14.1. The third-order valence-electron chi connectivity index (χ3n) is 13.1. The number of rotatable bonds is 30. The molecular weight excluding hydrogens is 991 g/mol. The highest BCUT2D eigenvalue weighted by molar-refractivity contribution is 6.09. The number of carbonyl (C=O) groups excluding carboxylic acids is 5. The third-order valence-corrected chi connectivity index (χ3v) is 13.1. The monoisotopic (exact) mass is 1070 g/mol. The van der Waals surface area contributed by atoms with Gasteiger partial charge >= 0.3 is 18.1 Å². The Morgan fingerprint density at radius 1 is 0.831 bits per heavy atom. The number of hydrogen-bond acceptors (Lipinski definition) is 15. The Labute approximate surface area is 453 Å². The molecule has 420 valence electrons. The zero-order valence-electron chi connectivity index (χ0n) is 46.8. The topological polar surface area (TPSA) is 230 Å². The molecule has 0 bridgehead atoms. The number of esters is 1. The van der Waals surface area contributed by atoms with Gasteiger partial charge in [0.1, 0.15) is 49.7 Å². The van der Waals surface area contributed by atoms with Crippen molar-refractivity contribution in [2.24, 2.45) is 4.99 Å². The van der Waals surface area contributed by atoms with Gasteiger partial charge < -0.3 is 58.4 Å². The number of ether oxygens (including phenoxy) is 7. The molecule has 2 aromatic rings. The highest BCUT2D eigenvalue weighted by Gasteiger charge is 2.41. The summed E-state index contributed by atoms with van der Waals surface area (Å²) in [4.78, 5) is 71.5. The van der Waals surface area contributed by atoms with E-state index in [1.54, 1.807) is 18.1 Å². The molecule has 1 saturated heterocycles. The van der Waals surface area contributed by atoms with Crippen LogP contribution in [0, 0.1) is 20.8 Å². The fourth-order valence-electron chi connectivity index (χ4n) is 8.74. The van der Waals surface area contributed by atoms with Gasteiger partial charge in [0.2, 0.25) is 5.91 Å².